The van der Waals surface area contributed by atoms with E-state index >= 15 is 0 Å². The molecule has 0 radical (unpaired) electrons. The van der Waals surface area contributed by atoms with Gasteiger partial charge < -0.3 is 16.4 Å². The van der Waals surface area contributed by atoms with E-state index in [2.05, 4.69) is 34.7 Å². The molecule has 0 aromatic heterocycles. The Balaban J connectivity index is 1.90. The average molecular weight is 341 g/mol. The molecule has 5 heteroatoms. The van der Waals surface area contributed by atoms with E-state index in [1.165, 1.54) is 0 Å². The van der Waals surface area contributed by atoms with Crippen LogP contribution in [0.15, 0.2) is 53.3 Å². The lowest BCUT2D eigenvalue weighted by molar-refractivity contribution is 0.644. The summed E-state index contributed by atoms with van der Waals surface area (Å²) in [7, 11) is 0. The van der Waals surface area contributed by atoms with Crippen molar-refractivity contribution in [2.75, 3.05) is 12.3 Å². The van der Waals surface area contributed by atoms with Gasteiger partial charge >= 0.3 is 0 Å². The van der Waals surface area contributed by atoms with Crippen LogP contribution in [0, 0.1) is 6.92 Å². The summed E-state index contributed by atoms with van der Waals surface area (Å²) in [5.74, 6) is 0.801. The van der Waals surface area contributed by atoms with E-state index in [0.29, 0.717) is 6.54 Å². The second kappa shape index (κ2) is 6.97. The van der Waals surface area contributed by atoms with Crippen LogP contribution in [0.25, 0.3) is 5.70 Å². The molecule has 0 saturated heterocycles. The molecule has 124 valence electrons. The van der Waals surface area contributed by atoms with Crippen LogP contribution in [-0.2, 0) is 0 Å². The summed E-state index contributed by atoms with van der Waals surface area (Å²) in [6, 6.07) is 13.9. The fourth-order valence-electron chi connectivity index (χ4n) is 2.70. The molecule has 2 aromatic carbocycles. The molecule has 24 heavy (non-hydrogen) atoms. The van der Waals surface area contributed by atoms with Gasteiger partial charge in [0.2, 0.25) is 0 Å². The SMILES string of the molecule is Cc1ccc([C@H](C)NC2=C(c3ccc(N)cc3)NCC=N2)c(Cl)c1. The Bertz CT molecular complexity index is 794. The first-order valence-electron chi connectivity index (χ1n) is 7.94. The van der Waals surface area contributed by atoms with E-state index < -0.39 is 0 Å². The molecular weight excluding hydrogens is 320 g/mol. The van der Waals surface area contributed by atoms with Gasteiger partial charge in [-0.1, -0.05) is 35.9 Å². The van der Waals surface area contributed by atoms with E-state index in [0.717, 1.165) is 38.9 Å². The Hall–Kier alpha value is -2.46. The van der Waals surface area contributed by atoms with Crippen LogP contribution in [0.1, 0.15) is 29.7 Å². The van der Waals surface area contributed by atoms with Gasteiger partial charge in [0.15, 0.2) is 0 Å². The van der Waals surface area contributed by atoms with Crippen LogP contribution >= 0.6 is 11.6 Å². The number of nitrogens with one attached hydrogen (secondary N) is 2. The zero-order valence-corrected chi connectivity index (χ0v) is 14.6. The van der Waals surface area contributed by atoms with Crippen molar-refractivity contribution in [2.24, 2.45) is 4.99 Å². The lowest BCUT2D eigenvalue weighted by Crippen LogP contribution is -2.28. The van der Waals surface area contributed by atoms with Crippen LogP contribution in [0.4, 0.5) is 5.69 Å². The van der Waals surface area contributed by atoms with Crippen LogP contribution in [-0.4, -0.2) is 12.8 Å². The van der Waals surface area contributed by atoms with Crippen molar-refractivity contribution in [1.82, 2.24) is 10.6 Å². The summed E-state index contributed by atoms with van der Waals surface area (Å²) in [4.78, 5) is 4.53. The van der Waals surface area contributed by atoms with Crippen molar-refractivity contribution in [2.45, 2.75) is 19.9 Å². The standard InChI is InChI=1S/C19H21ClN4/c1-12-3-8-16(17(20)11-12)13(2)24-19-18(22-9-10-23-19)14-4-6-15(21)7-5-14/h3-8,10-11,13,22,24H,9,21H2,1-2H3/t13-/m0/s1. The summed E-state index contributed by atoms with van der Waals surface area (Å²) in [5, 5.41) is 7.60. The molecule has 3 rings (SSSR count). The number of aryl methyl sites for hydroxylation is 1. The fraction of sp³-hybridized carbons (Fsp3) is 0.211. The van der Waals surface area contributed by atoms with Crippen molar-refractivity contribution in [3.63, 3.8) is 0 Å². The molecular formula is C19H21ClN4. The monoisotopic (exact) mass is 340 g/mol. The van der Waals surface area contributed by atoms with E-state index in [4.69, 9.17) is 17.3 Å². The summed E-state index contributed by atoms with van der Waals surface area (Å²) < 4.78 is 0. The molecule has 0 bridgehead atoms. The van der Waals surface area contributed by atoms with Gasteiger partial charge in [-0.3, -0.25) is 0 Å². The number of rotatable bonds is 4. The van der Waals surface area contributed by atoms with Gasteiger partial charge in [0.05, 0.1) is 18.3 Å². The molecule has 0 aliphatic carbocycles. The number of nitrogens with two attached hydrogens (primary N) is 1. The topological polar surface area (TPSA) is 62.4 Å². The summed E-state index contributed by atoms with van der Waals surface area (Å²) in [6.45, 7) is 4.81. The lowest BCUT2D eigenvalue weighted by Gasteiger charge is -2.23. The molecule has 2 aromatic rings. The highest BCUT2D eigenvalue weighted by Crippen LogP contribution is 2.26. The molecule has 0 unspecified atom stereocenters. The molecule has 4 nitrogen and oxygen atoms in total. The summed E-state index contributed by atoms with van der Waals surface area (Å²) >= 11 is 6.39. The first-order chi connectivity index (χ1) is 11.5. The predicted octanol–water partition coefficient (Wildman–Crippen LogP) is 3.88. The second-order valence-corrected chi connectivity index (χ2v) is 6.34. The number of hydrogen-bond acceptors (Lipinski definition) is 4. The minimum Gasteiger partial charge on any atom is -0.399 e. The third-order valence-electron chi connectivity index (χ3n) is 4.00. The number of nitrogens with zero attached hydrogens (tertiary/aromatic N) is 1. The minimum absolute atomic E-state index is 0.0360. The zero-order valence-electron chi connectivity index (χ0n) is 13.8. The smallest absolute Gasteiger partial charge is 0.150 e. The molecule has 0 saturated carbocycles. The van der Waals surface area contributed by atoms with Gasteiger partial charge in [-0.15, -0.1) is 0 Å². The Morgan fingerprint density at radius 1 is 1.21 bits per heavy atom. The molecule has 4 N–H and O–H groups in total. The van der Waals surface area contributed by atoms with Crippen molar-refractivity contribution < 1.29 is 0 Å². The zero-order chi connectivity index (χ0) is 17.1. The molecule has 1 aliphatic heterocycles. The largest absolute Gasteiger partial charge is 0.399 e. The molecule has 0 amide bonds. The predicted molar refractivity (Wildman–Crippen MR) is 102 cm³/mol. The van der Waals surface area contributed by atoms with Gasteiger partial charge in [-0.05, 0) is 43.2 Å². The van der Waals surface area contributed by atoms with Crippen molar-refractivity contribution in [3.05, 3.63) is 70.0 Å². The van der Waals surface area contributed by atoms with Crippen molar-refractivity contribution >= 4 is 29.2 Å². The molecule has 0 spiro atoms. The lowest BCUT2D eigenvalue weighted by atomic mass is 10.1. The highest BCUT2D eigenvalue weighted by Gasteiger charge is 2.16. The Morgan fingerprint density at radius 3 is 2.67 bits per heavy atom. The number of nitrogen functional groups attached to an aromatic ring is 1. The number of anilines is 1. The first-order valence-corrected chi connectivity index (χ1v) is 8.31. The number of aliphatic imine (C=N–C) groups is 1. The maximum atomic E-state index is 6.39. The number of hydrogen-bond donors (Lipinski definition) is 3. The van der Waals surface area contributed by atoms with Crippen molar-refractivity contribution in [1.29, 1.82) is 0 Å². The van der Waals surface area contributed by atoms with Gasteiger partial charge in [0.25, 0.3) is 0 Å². The van der Waals surface area contributed by atoms with Crippen LogP contribution < -0.4 is 16.4 Å². The highest BCUT2D eigenvalue weighted by molar-refractivity contribution is 6.31. The molecule has 1 aliphatic rings. The molecule has 1 atom stereocenters. The fourth-order valence-corrected chi connectivity index (χ4v) is 3.10. The third-order valence-corrected chi connectivity index (χ3v) is 4.33. The Kier molecular flexibility index (Phi) is 4.76. The summed E-state index contributed by atoms with van der Waals surface area (Å²) in [5.41, 5.74) is 10.7. The molecule has 1 heterocycles. The molecule has 0 fully saturated rings. The first kappa shape index (κ1) is 16.4. The summed E-state index contributed by atoms with van der Waals surface area (Å²) in [6.07, 6.45) is 1.85. The van der Waals surface area contributed by atoms with Crippen molar-refractivity contribution in [3.8, 4) is 0 Å². The Morgan fingerprint density at radius 2 is 1.96 bits per heavy atom. The quantitative estimate of drug-likeness (QED) is 0.740. The second-order valence-electron chi connectivity index (χ2n) is 5.93. The maximum Gasteiger partial charge on any atom is 0.150 e. The Labute approximate surface area is 147 Å². The third kappa shape index (κ3) is 3.54. The number of halogens is 1. The van der Waals surface area contributed by atoms with E-state index in [1.54, 1.807) is 0 Å². The van der Waals surface area contributed by atoms with Gasteiger partial charge in [-0.25, -0.2) is 4.99 Å². The van der Waals surface area contributed by atoms with Crippen LogP contribution in [0.3, 0.4) is 0 Å². The van der Waals surface area contributed by atoms with E-state index in [1.807, 2.05) is 43.5 Å². The van der Waals surface area contributed by atoms with E-state index in [-0.39, 0.29) is 6.04 Å². The van der Waals surface area contributed by atoms with Crippen LogP contribution in [0.5, 0.6) is 0 Å². The van der Waals surface area contributed by atoms with Gasteiger partial charge in [0, 0.05) is 22.5 Å². The van der Waals surface area contributed by atoms with Crippen LogP contribution in [0.2, 0.25) is 5.02 Å². The minimum atomic E-state index is 0.0360. The van der Waals surface area contributed by atoms with Gasteiger partial charge in [0.1, 0.15) is 5.82 Å². The highest BCUT2D eigenvalue weighted by atomic mass is 35.5. The maximum absolute atomic E-state index is 6.39. The van der Waals surface area contributed by atoms with E-state index in [9.17, 15) is 0 Å². The number of benzene rings is 2. The van der Waals surface area contributed by atoms with Gasteiger partial charge in [-0.2, -0.15) is 0 Å². The normalized spacial score (nSPS) is 15.1. The average Bonchev–Trinajstić information content (AvgIpc) is 2.56.